The molecule has 1 aliphatic rings. The summed E-state index contributed by atoms with van der Waals surface area (Å²) in [5.74, 6) is -0.725. The van der Waals surface area contributed by atoms with E-state index in [0.29, 0.717) is 28.0 Å². The number of para-hydroxylation sites is 1. The molecule has 1 fully saturated rings. The van der Waals surface area contributed by atoms with E-state index in [9.17, 15) is 9.59 Å². The van der Waals surface area contributed by atoms with Gasteiger partial charge < -0.3 is 10.2 Å². The number of benzene rings is 2. The first-order valence-corrected chi connectivity index (χ1v) is 7.91. The normalized spacial score (nSPS) is 17.4. The summed E-state index contributed by atoms with van der Waals surface area (Å²) in [4.78, 5) is 26.1. The maximum Gasteiger partial charge on any atom is 0.229 e. The van der Waals surface area contributed by atoms with Crippen LogP contribution in [-0.4, -0.2) is 18.4 Å². The predicted octanol–water partition coefficient (Wildman–Crippen LogP) is 3.99. The SMILES string of the molecule is O=C(Nc1cccc(Cl)c1)C1CC(=O)N(c2ccccc2Cl)C1. The van der Waals surface area contributed by atoms with E-state index >= 15 is 0 Å². The Bertz CT molecular complexity index is 764. The van der Waals surface area contributed by atoms with Gasteiger partial charge in [0.15, 0.2) is 0 Å². The minimum absolute atomic E-state index is 0.107. The molecule has 0 spiro atoms. The van der Waals surface area contributed by atoms with Crippen LogP contribution >= 0.6 is 23.2 Å². The molecule has 4 nitrogen and oxygen atoms in total. The second-order valence-electron chi connectivity index (χ2n) is 5.36. The smallest absolute Gasteiger partial charge is 0.229 e. The molecule has 0 radical (unpaired) electrons. The summed E-state index contributed by atoms with van der Waals surface area (Å²) in [5, 5.41) is 3.84. The third kappa shape index (κ3) is 3.49. The van der Waals surface area contributed by atoms with Crippen LogP contribution in [0.25, 0.3) is 0 Å². The lowest BCUT2D eigenvalue weighted by molar-refractivity contribution is -0.122. The van der Waals surface area contributed by atoms with E-state index in [1.165, 1.54) is 0 Å². The molecule has 23 heavy (non-hydrogen) atoms. The van der Waals surface area contributed by atoms with E-state index in [1.54, 1.807) is 47.4 Å². The molecule has 2 aromatic carbocycles. The lowest BCUT2D eigenvalue weighted by Crippen LogP contribution is -2.28. The Balaban J connectivity index is 1.72. The van der Waals surface area contributed by atoms with Crippen molar-refractivity contribution in [3.8, 4) is 0 Å². The van der Waals surface area contributed by atoms with Gasteiger partial charge in [0, 0.05) is 23.7 Å². The van der Waals surface area contributed by atoms with Gasteiger partial charge in [-0.2, -0.15) is 0 Å². The van der Waals surface area contributed by atoms with E-state index in [2.05, 4.69) is 5.32 Å². The number of hydrogen-bond donors (Lipinski definition) is 1. The monoisotopic (exact) mass is 348 g/mol. The van der Waals surface area contributed by atoms with Crippen molar-refractivity contribution in [3.63, 3.8) is 0 Å². The van der Waals surface area contributed by atoms with Gasteiger partial charge in [-0.05, 0) is 30.3 Å². The van der Waals surface area contributed by atoms with Crippen LogP contribution in [0.3, 0.4) is 0 Å². The first-order valence-electron chi connectivity index (χ1n) is 7.16. The second kappa shape index (κ2) is 6.60. The number of nitrogens with one attached hydrogen (secondary N) is 1. The highest BCUT2D eigenvalue weighted by atomic mass is 35.5. The summed E-state index contributed by atoms with van der Waals surface area (Å²) >= 11 is 12.0. The highest BCUT2D eigenvalue weighted by molar-refractivity contribution is 6.34. The summed E-state index contributed by atoms with van der Waals surface area (Å²) in [7, 11) is 0. The first kappa shape index (κ1) is 15.8. The molecule has 2 aromatic rings. The van der Waals surface area contributed by atoms with Crippen molar-refractivity contribution in [1.82, 2.24) is 0 Å². The molecule has 0 saturated carbocycles. The molecule has 1 atom stereocenters. The van der Waals surface area contributed by atoms with Gasteiger partial charge in [-0.3, -0.25) is 9.59 Å². The molecule has 1 heterocycles. The van der Waals surface area contributed by atoms with Gasteiger partial charge >= 0.3 is 0 Å². The zero-order valence-corrected chi connectivity index (χ0v) is 13.6. The Morgan fingerprint density at radius 2 is 1.91 bits per heavy atom. The first-order chi connectivity index (χ1) is 11.0. The Hall–Kier alpha value is -2.04. The van der Waals surface area contributed by atoms with Gasteiger partial charge in [-0.25, -0.2) is 0 Å². The fraction of sp³-hybridized carbons (Fsp3) is 0.176. The van der Waals surface area contributed by atoms with Crippen LogP contribution in [0.5, 0.6) is 0 Å². The Morgan fingerprint density at radius 1 is 1.13 bits per heavy atom. The van der Waals surface area contributed by atoms with Crippen LogP contribution in [0.2, 0.25) is 10.0 Å². The predicted molar refractivity (Wildman–Crippen MR) is 92.0 cm³/mol. The fourth-order valence-electron chi connectivity index (χ4n) is 2.60. The molecule has 1 N–H and O–H groups in total. The summed E-state index contributed by atoms with van der Waals surface area (Å²) in [6.07, 6.45) is 0.164. The van der Waals surface area contributed by atoms with E-state index in [1.807, 2.05) is 6.07 Å². The van der Waals surface area contributed by atoms with Crippen LogP contribution in [0.15, 0.2) is 48.5 Å². The van der Waals surface area contributed by atoms with Crippen molar-refractivity contribution in [2.75, 3.05) is 16.8 Å². The quantitative estimate of drug-likeness (QED) is 0.911. The van der Waals surface area contributed by atoms with Crippen molar-refractivity contribution in [2.45, 2.75) is 6.42 Å². The van der Waals surface area contributed by atoms with Gasteiger partial charge in [-0.1, -0.05) is 41.4 Å². The number of nitrogens with zero attached hydrogens (tertiary/aromatic N) is 1. The molecule has 1 unspecified atom stereocenters. The highest BCUT2D eigenvalue weighted by Crippen LogP contribution is 2.31. The summed E-state index contributed by atoms with van der Waals surface area (Å²) in [5.41, 5.74) is 1.25. The molecule has 1 saturated heterocycles. The molecule has 0 aromatic heterocycles. The maximum atomic E-state index is 12.4. The van der Waals surface area contributed by atoms with Gasteiger partial charge in [-0.15, -0.1) is 0 Å². The van der Waals surface area contributed by atoms with Crippen molar-refractivity contribution in [3.05, 3.63) is 58.6 Å². The van der Waals surface area contributed by atoms with Gasteiger partial charge in [0.1, 0.15) is 0 Å². The molecule has 6 heteroatoms. The number of halogens is 2. The lowest BCUT2D eigenvalue weighted by atomic mass is 10.1. The Labute approximate surface area is 144 Å². The van der Waals surface area contributed by atoms with Crippen LogP contribution in [-0.2, 0) is 9.59 Å². The van der Waals surface area contributed by atoms with E-state index < -0.39 is 5.92 Å². The molecule has 0 bridgehead atoms. The van der Waals surface area contributed by atoms with Crippen LogP contribution < -0.4 is 10.2 Å². The topological polar surface area (TPSA) is 49.4 Å². The van der Waals surface area contributed by atoms with E-state index in [-0.39, 0.29) is 18.2 Å². The van der Waals surface area contributed by atoms with Gasteiger partial charge in [0.2, 0.25) is 11.8 Å². The highest BCUT2D eigenvalue weighted by Gasteiger charge is 2.35. The van der Waals surface area contributed by atoms with Crippen molar-refractivity contribution in [2.24, 2.45) is 5.92 Å². The minimum Gasteiger partial charge on any atom is -0.326 e. The summed E-state index contributed by atoms with van der Waals surface area (Å²) < 4.78 is 0. The molecular weight excluding hydrogens is 335 g/mol. The molecular formula is C17H14Cl2N2O2. The molecule has 3 rings (SSSR count). The fourth-order valence-corrected chi connectivity index (χ4v) is 3.03. The van der Waals surface area contributed by atoms with Crippen molar-refractivity contribution in [1.29, 1.82) is 0 Å². The molecule has 1 aliphatic heterocycles. The molecule has 118 valence electrons. The summed E-state index contributed by atoms with van der Waals surface area (Å²) in [6, 6.07) is 14.0. The van der Waals surface area contributed by atoms with Gasteiger partial charge in [0.25, 0.3) is 0 Å². The van der Waals surface area contributed by atoms with E-state index in [4.69, 9.17) is 23.2 Å². The lowest BCUT2D eigenvalue weighted by Gasteiger charge is -2.18. The third-order valence-electron chi connectivity index (χ3n) is 3.73. The third-order valence-corrected chi connectivity index (χ3v) is 4.29. The van der Waals surface area contributed by atoms with Crippen molar-refractivity contribution >= 4 is 46.4 Å². The zero-order valence-electron chi connectivity index (χ0n) is 12.1. The zero-order chi connectivity index (χ0) is 16.4. The maximum absolute atomic E-state index is 12.4. The van der Waals surface area contributed by atoms with Crippen LogP contribution in [0.1, 0.15) is 6.42 Å². The number of hydrogen-bond acceptors (Lipinski definition) is 2. The number of amides is 2. The Kier molecular flexibility index (Phi) is 4.55. The summed E-state index contributed by atoms with van der Waals surface area (Å²) in [6.45, 7) is 0.314. The van der Waals surface area contributed by atoms with Gasteiger partial charge in [0.05, 0.1) is 16.6 Å². The number of rotatable bonds is 3. The average Bonchev–Trinajstić information content (AvgIpc) is 2.90. The van der Waals surface area contributed by atoms with Crippen molar-refractivity contribution < 1.29 is 9.59 Å². The van der Waals surface area contributed by atoms with Crippen LogP contribution in [0, 0.1) is 5.92 Å². The van der Waals surface area contributed by atoms with E-state index in [0.717, 1.165) is 0 Å². The standard InChI is InChI=1S/C17H14Cl2N2O2/c18-12-4-3-5-13(9-12)20-17(23)11-8-16(22)21(10-11)15-7-2-1-6-14(15)19/h1-7,9,11H,8,10H2,(H,20,23). The largest absolute Gasteiger partial charge is 0.326 e. The number of carbonyl (C=O) groups excluding carboxylic acids is 2. The minimum atomic E-state index is -0.419. The Morgan fingerprint density at radius 3 is 2.65 bits per heavy atom. The number of anilines is 2. The number of carbonyl (C=O) groups is 2. The average molecular weight is 349 g/mol. The molecule has 2 amide bonds. The second-order valence-corrected chi connectivity index (χ2v) is 6.20. The molecule has 0 aliphatic carbocycles. The van der Waals surface area contributed by atoms with Crippen LogP contribution in [0.4, 0.5) is 11.4 Å².